The fourth-order valence-electron chi connectivity index (χ4n) is 4.03. The zero-order chi connectivity index (χ0) is 21.3. The highest BCUT2D eigenvalue weighted by atomic mass is 32.1. The number of hydrogen-bond acceptors (Lipinski definition) is 5. The Labute approximate surface area is 179 Å². The minimum absolute atomic E-state index is 0.253. The molecule has 30 heavy (non-hydrogen) atoms. The maximum Gasteiger partial charge on any atom is 0.341 e. The number of aryl methyl sites for hydroxylation is 2. The number of thiophene rings is 1. The van der Waals surface area contributed by atoms with E-state index < -0.39 is 0 Å². The SMILES string of the molecule is CCOC(=O)c1c(NC(=O)c2c(C)nn(-c3ccccc3)c2C)sc2c1CCCC2. The number of carbonyl (C=O) groups is 2. The van der Waals surface area contributed by atoms with Gasteiger partial charge in [-0.25, -0.2) is 9.48 Å². The number of esters is 1. The van der Waals surface area contributed by atoms with Gasteiger partial charge in [-0.1, -0.05) is 18.2 Å². The Bertz CT molecular complexity index is 1100. The minimum atomic E-state index is -0.361. The molecule has 6 nitrogen and oxygen atoms in total. The standard InChI is InChI=1S/C23H25N3O3S/c1-4-29-23(28)20-17-12-8-9-13-18(17)30-22(20)24-21(27)19-14(2)25-26(15(19)3)16-10-6-5-7-11-16/h5-7,10-11H,4,8-9,12-13H2,1-3H3,(H,24,27). The Morgan fingerprint density at radius 3 is 2.60 bits per heavy atom. The number of amides is 1. The molecule has 1 amide bonds. The maximum atomic E-state index is 13.2. The number of nitrogens with one attached hydrogen (secondary N) is 1. The van der Waals surface area contributed by atoms with Crippen LogP contribution in [0.1, 0.15) is 62.3 Å². The van der Waals surface area contributed by atoms with Crippen LogP contribution in [0.15, 0.2) is 30.3 Å². The van der Waals surface area contributed by atoms with E-state index in [1.165, 1.54) is 16.2 Å². The first-order valence-electron chi connectivity index (χ1n) is 10.3. The Kier molecular flexibility index (Phi) is 5.72. The predicted octanol–water partition coefficient (Wildman–Crippen LogP) is 4.86. The number of rotatable bonds is 5. The van der Waals surface area contributed by atoms with Gasteiger partial charge in [-0.2, -0.15) is 5.10 Å². The largest absolute Gasteiger partial charge is 0.462 e. The summed E-state index contributed by atoms with van der Waals surface area (Å²) in [6.45, 7) is 5.80. The van der Waals surface area contributed by atoms with Crippen molar-refractivity contribution in [1.29, 1.82) is 0 Å². The number of hydrogen-bond donors (Lipinski definition) is 1. The third-order valence-corrected chi connectivity index (χ3v) is 6.60. The summed E-state index contributed by atoms with van der Waals surface area (Å²) >= 11 is 1.49. The molecule has 0 bridgehead atoms. The van der Waals surface area contributed by atoms with Crippen LogP contribution in [0.2, 0.25) is 0 Å². The second-order valence-electron chi connectivity index (χ2n) is 7.38. The molecule has 0 radical (unpaired) electrons. The number of fused-ring (bicyclic) bond motifs is 1. The van der Waals surface area contributed by atoms with Gasteiger partial charge >= 0.3 is 5.97 Å². The molecule has 7 heteroatoms. The van der Waals surface area contributed by atoms with E-state index in [1.54, 1.807) is 11.6 Å². The van der Waals surface area contributed by atoms with Crippen LogP contribution in [0.3, 0.4) is 0 Å². The second-order valence-corrected chi connectivity index (χ2v) is 8.49. The lowest BCUT2D eigenvalue weighted by Crippen LogP contribution is -2.17. The highest BCUT2D eigenvalue weighted by Gasteiger charge is 2.28. The van der Waals surface area contributed by atoms with Gasteiger partial charge in [-0.05, 0) is 64.2 Å². The summed E-state index contributed by atoms with van der Waals surface area (Å²) in [6, 6.07) is 9.72. The molecule has 2 heterocycles. The first kappa shape index (κ1) is 20.3. The lowest BCUT2D eigenvalue weighted by atomic mass is 9.95. The second kappa shape index (κ2) is 8.44. The Morgan fingerprint density at radius 2 is 1.87 bits per heavy atom. The minimum Gasteiger partial charge on any atom is -0.462 e. The number of para-hydroxylation sites is 1. The Morgan fingerprint density at radius 1 is 1.13 bits per heavy atom. The van der Waals surface area contributed by atoms with Gasteiger partial charge in [0.2, 0.25) is 0 Å². The molecule has 3 aromatic rings. The van der Waals surface area contributed by atoms with Gasteiger partial charge in [0.25, 0.3) is 5.91 Å². The van der Waals surface area contributed by atoms with Crippen molar-refractivity contribution in [2.24, 2.45) is 0 Å². The van der Waals surface area contributed by atoms with Crippen LogP contribution in [-0.4, -0.2) is 28.3 Å². The number of ether oxygens (including phenoxy) is 1. The summed E-state index contributed by atoms with van der Waals surface area (Å²) in [6.07, 6.45) is 3.93. The average molecular weight is 424 g/mol. The summed E-state index contributed by atoms with van der Waals surface area (Å²) in [4.78, 5) is 27.1. The number of carbonyl (C=O) groups excluding carboxylic acids is 2. The summed E-state index contributed by atoms with van der Waals surface area (Å²) in [7, 11) is 0. The third-order valence-electron chi connectivity index (χ3n) is 5.40. The van der Waals surface area contributed by atoms with Crippen molar-refractivity contribution >= 4 is 28.2 Å². The van der Waals surface area contributed by atoms with Gasteiger partial charge in [-0.3, -0.25) is 4.79 Å². The molecule has 1 N–H and O–H groups in total. The third kappa shape index (κ3) is 3.65. The molecule has 0 unspecified atom stereocenters. The van der Waals surface area contributed by atoms with E-state index in [0.717, 1.165) is 42.6 Å². The number of aromatic nitrogens is 2. The zero-order valence-corrected chi connectivity index (χ0v) is 18.3. The van der Waals surface area contributed by atoms with E-state index in [1.807, 2.05) is 44.2 Å². The van der Waals surface area contributed by atoms with Crippen molar-refractivity contribution < 1.29 is 14.3 Å². The van der Waals surface area contributed by atoms with Crippen molar-refractivity contribution in [1.82, 2.24) is 9.78 Å². The molecule has 0 saturated heterocycles. The van der Waals surface area contributed by atoms with Crippen molar-refractivity contribution in [3.63, 3.8) is 0 Å². The van der Waals surface area contributed by atoms with Gasteiger partial charge in [0, 0.05) is 4.88 Å². The van der Waals surface area contributed by atoms with Crippen molar-refractivity contribution in [3.05, 3.63) is 63.3 Å². The Hall–Kier alpha value is -2.93. The smallest absolute Gasteiger partial charge is 0.341 e. The lowest BCUT2D eigenvalue weighted by Gasteiger charge is -2.12. The fourth-order valence-corrected chi connectivity index (χ4v) is 5.30. The zero-order valence-electron chi connectivity index (χ0n) is 17.4. The maximum absolute atomic E-state index is 13.2. The van der Waals surface area contributed by atoms with Crippen LogP contribution in [0.5, 0.6) is 0 Å². The Balaban J connectivity index is 1.69. The first-order valence-corrected chi connectivity index (χ1v) is 11.1. The van der Waals surface area contributed by atoms with Crippen molar-refractivity contribution in [2.45, 2.75) is 46.5 Å². The number of benzene rings is 1. The fraction of sp³-hybridized carbons (Fsp3) is 0.348. The van der Waals surface area contributed by atoms with Gasteiger partial charge in [0.15, 0.2) is 0 Å². The summed E-state index contributed by atoms with van der Waals surface area (Å²) in [5.41, 5.74) is 4.39. The van der Waals surface area contributed by atoms with E-state index >= 15 is 0 Å². The molecular formula is C23H25N3O3S. The predicted molar refractivity (Wildman–Crippen MR) is 118 cm³/mol. The highest BCUT2D eigenvalue weighted by Crippen LogP contribution is 2.39. The molecule has 0 atom stereocenters. The first-order chi connectivity index (χ1) is 14.5. The summed E-state index contributed by atoms with van der Waals surface area (Å²) < 4.78 is 7.06. The quantitative estimate of drug-likeness (QED) is 0.595. The molecule has 156 valence electrons. The van der Waals surface area contributed by atoms with Crippen molar-refractivity contribution in [3.8, 4) is 5.69 Å². The van der Waals surface area contributed by atoms with Gasteiger partial charge in [0.05, 0.1) is 34.8 Å². The normalized spacial score (nSPS) is 13.0. The molecule has 0 spiro atoms. The molecular weight excluding hydrogens is 398 g/mol. The van der Waals surface area contributed by atoms with Crippen LogP contribution in [-0.2, 0) is 17.6 Å². The number of nitrogens with zero attached hydrogens (tertiary/aromatic N) is 2. The van der Waals surface area contributed by atoms with Crippen LogP contribution in [0.25, 0.3) is 5.69 Å². The molecule has 1 aliphatic carbocycles. The van der Waals surface area contributed by atoms with Gasteiger partial charge < -0.3 is 10.1 Å². The van der Waals surface area contributed by atoms with Crippen LogP contribution >= 0.6 is 11.3 Å². The van der Waals surface area contributed by atoms with Crippen LogP contribution in [0.4, 0.5) is 5.00 Å². The van der Waals surface area contributed by atoms with E-state index in [9.17, 15) is 9.59 Å². The van der Waals surface area contributed by atoms with Crippen LogP contribution < -0.4 is 5.32 Å². The van der Waals surface area contributed by atoms with Crippen molar-refractivity contribution in [2.75, 3.05) is 11.9 Å². The molecule has 0 saturated carbocycles. The van der Waals surface area contributed by atoms with E-state index in [-0.39, 0.29) is 11.9 Å². The van der Waals surface area contributed by atoms with E-state index in [4.69, 9.17) is 4.74 Å². The van der Waals surface area contributed by atoms with Crippen LogP contribution in [0, 0.1) is 13.8 Å². The van der Waals surface area contributed by atoms with Gasteiger partial charge in [-0.15, -0.1) is 11.3 Å². The molecule has 4 rings (SSSR count). The number of anilines is 1. The average Bonchev–Trinajstić information content (AvgIpc) is 3.25. The molecule has 0 fully saturated rings. The monoisotopic (exact) mass is 423 g/mol. The topological polar surface area (TPSA) is 73.2 Å². The molecule has 1 aromatic carbocycles. The summed E-state index contributed by atoms with van der Waals surface area (Å²) in [5.74, 6) is -0.614. The molecule has 1 aliphatic rings. The van der Waals surface area contributed by atoms with E-state index in [2.05, 4.69) is 10.4 Å². The molecule has 2 aromatic heterocycles. The summed E-state index contributed by atoms with van der Waals surface area (Å²) in [5, 5.41) is 8.14. The van der Waals surface area contributed by atoms with Gasteiger partial charge in [0.1, 0.15) is 5.00 Å². The lowest BCUT2D eigenvalue weighted by molar-refractivity contribution is 0.0526. The van der Waals surface area contributed by atoms with E-state index in [0.29, 0.717) is 28.4 Å². The highest BCUT2D eigenvalue weighted by molar-refractivity contribution is 7.17. The molecule has 0 aliphatic heterocycles.